The Balaban J connectivity index is 1.12. The maximum absolute atomic E-state index is 5.51. The van der Waals surface area contributed by atoms with E-state index in [1.54, 1.807) is 14.2 Å². The summed E-state index contributed by atoms with van der Waals surface area (Å²) in [5.41, 5.74) is 2.51. The highest BCUT2D eigenvalue weighted by Gasteiger charge is 2.13. The van der Waals surface area contributed by atoms with Crippen molar-refractivity contribution in [3.8, 4) is 11.5 Å². The lowest BCUT2D eigenvalue weighted by Crippen LogP contribution is -2.34. The second kappa shape index (κ2) is 12.4. The third-order valence-electron chi connectivity index (χ3n) is 6.76. The molecule has 0 N–H and O–H groups in total. The number of rotatable bonds is 13. The molecule has 0 bridgehead atoms. The van der Waals surface area contributed by atoms with Crippen LogP contribution in [0.1, 0.15) is 51.4 Å². The highest BCUT2D eigenvalue weighted by Crippen LogP contribution is 2.23. The molecule has 4 nitrogen and oxygen atoms in total. The Hall–Kier alpha value is -3.14. The number of nitrogens with zero attached hydrogens (tertiary/aromatic N) is 2. The van der Waals surface area contributed by atoms with E-state index in [4.69, 9.17) is 9.47 Å². The van der Waals surface area contributed by atoms with Gasteiger partial charge in [-0.2, -0.15) is 9.13 Å². The molecule has 4 rings (SSSR count). The zero-order valence-electron chi connectivity index (χ0n) is 20.7. The molecule has 0 saturated heterocycles. The zero-order chi connectivity index (χ0) is 23.6. The predicted octanol–water partition coefficient (Wildman–Crippen LogP) is 6.41. The van der Waals surface area contributed by atoms with Crippen molar-refractivity contribution in [2.45, 2.75) is 64.5 Å². The van der Waals surface area contributed by atoms with Gasteiger partial charge in [-0.15, -0.1) is 0 Å². The van der Waals surface area contributed by atoms with Crippen LogP contribution < -0.4 is 18.6 Å². The van der Waals surface area contributed by atoms with Crippen LogP contribution in [-0.2, 0) is 13.1 Å². The average molecular weight is 459 g/mol. The lowest BCUT2D eigenvalue weighted by atomic mass is 10.1. The third-order valence-corrected chi connectivity index (χ3v) is 6.76. The van der Waals surface area contributed by atoms with Gasteiger partial charge in [0.1, 0.15) is 24.6 Å². The molecule has 178 valence electrons. The van der Waals surface area contributed by atoms with Crippen LogP contribution in [0.5, 0.6) is 11.5 Å². The highest BCUT2D eigenvalue weighted by atomic mass is 16.5. The molecule has 4 heteroatoms. The van der Waals surface area contributed by atoms with E-state index in [9.17, 15) is 0 Å². The summed E-state index contributed by atoms with van der Waals surface area (Å²) in [4.78, 5) is 0. The third kappa shape index (κ3) is 5.85. The summed E-state index contributed by atoms with van der Waals surface area (Å²) in [6.45, 7) is 2.13. The fraction of sp³-hybridized carbons (Fsp3) is 0.400. The Morgan fingerprint density at radius 2 is 0.882 bits per heavy atom. The smallest absolute Gasteiger partial charge is 0.216 e. The van der Waals surface area contributed by atoms with Crippen molar-refractivity contribution in [3.05, 3.63) is 73.1 Å². The molecule has 0 aliphatic carbocycles. The largest absolute Gasteiger partial charge is 0.496 e. The lowest BCUT2D eigenvalue weighted by Gasteiger charge is -2.06. The van der Waals surface area contributed by atoms with Crippen molar-refractivity contribution in [1.29, 1.82) is 0 Å². The van der Waals surface area contributed by atoms with Crippen LogP contribution in [0.4, 0.5) is 0 Å². The maximum Gasteiger partial charge on any atom is 0.216 e. The van der Waals surface area contributed by atoms with Gasteiger partial charge in [-0.05, 0) is 25.0 Å². The lowest BCUT2D eigenvalue weighted by molar-refractivity contribution is -0.672. The number of benzene rings is 2. The normalized spacial score (nSPS) is 11.2. The number of methoxy groups -OCH3 is 2. The maximum atomic E-state index is 5.51. The van der Waals surface area contributed by atoms with E-state index in [0.717, 1.165) is 24.6 Å². The molecule has 0 aliphatic heterocycles. The second-order valence-electron chi connectivity index (χ2n) is 9.02. The van der Waals surface area contributed by atoms with Crippen LogP contribution >= 0.6 is 0 Å². The molecule has 0 spiro atoms. The molecule has 0 radical (unpaired) electrons. The minimum Gasteiger partial charge on any atom is -0.496 e. The molecule has 2 aromatic carbocycles. The van der Waals surface area contributed by atoms with E-state index in [1.807, 2.05) is 0 Å². The first kappa shape index (κ1) is 24.0. The number of hydrogen-bond donors (Lipinski definition) is 0. The summed E-state index contributed by atoms with van der Waals surface area (Å²) < 4.78 is 15.7. The van der Waals surface area contributed by atoms with E-state index >= 15 is 0 Å². The zero-order valence-corrected chi connectivity index (χ0v) is 20.7. The summed E-state index contributed by atoms with van der Waals surface area (Å²) in [5, 5.41) is 2.38. The van der Waals surface area contributed by atoms with Crippen LogP contribution in [0, 0.1) is 0 Å². The van der Waals surface area contributed by atoms with Crippen LogP contribution in [0.15, 0.2) is 73.1 Å². The number of aromatic nitrogens is 2. The molecular formula is C30H38N2O2+2. The van der Waals surface area contributed by atoms with Crippen molar-refractivity contribution >= 4 is 21.8 Å². The van der Waals surface area contributed by atoms with Gasteiger partial charge in [0.2, 0.25) is 11.0 Å². The number of fused-ring (bicyclic) bond motifs is 2. The van der Waals surface area contributed by atoms with Gasteiger partial charge < -0.3 is 9.47 Å². The molecule has 4 aromatic rings. The van der Waals surface area contributed by atoms with E-state index in [-0.39, 0.29) is 0 Å². The van der Waals surface area contributed by atoms with Gasteiger partial charge in [-0.25, -0.2) is 0 Å². The summed E-state index contributed by atoms with van der Waals surface area (Å²) in [5.74, 6) is 1.90. The van der Waals surface area contributed by atoms with Gasteiger partial charge in [0, 0.05) is 37.1 Å². The van der Waals surface area contributed by atoms with Gasteiger partial charge in [0.25, 0.3) is 0 Å². The Labute approximate surface area is 203 Å². The molecule has 0 saturated carbocycles. The van der Waals surface area contributed by atoms with Gasteiger partial charge in [-0.3, -0.25) is 0 Å². The summed E-state index contributed by atoms with van der Waals surface area (Å²) >= 11 is 0. The minimum absolute atomic E-state index is 0.949. The molecule has 0 fully saturated rings. The number of hydrogen-bond acceptors (Lipinski definition) is 2. The molecule has 0 aliphatic rings. The number of ether oxygens (including phenoxy) is 2. The van der Waals surface area contributed by atoms with E-state index < -0.39 is 0 Å². The highest BCUT2D eigenvalue weighted by molar-refractivity contribution is 5.82. The predicted molar refractivity (Wildman–Crippen MR) is 138 cm³/mol. The summed E-state index contributed by atoms with van der Waals surface area (Å²) in [7, 11) is 3.48. The monoisotopic (exact) mass is 458 g/mol. The van der Waals surface area contributed by atoms with Gasteiger partial charge in [-0.1, -0.05) is 49.9 Å². The molecule has 2 heterocycles. The first-order valence-corrected chi connectivity index (χ1v) is 12.7. The van der Waals surface area contributed by atoms with Crippen molar-refractivity contribution in [1.82, 2.24) is 0 Å². The molecule has 0 amide bonds. The number of aryl methyl sites for hydroxylation is 2. The van der Waals surface area contributed by atoms with E-state index in [2.05, 4.69) is 82.2 Å². The fourth-order valence-electron chi connectivity index (χ4n) is 4.89. The first-order chi connectivity index (χ1) is 16.8. The number of unbranched alkanes of at least 4 members (excludes halogenated alkanes) is 7. The average Bonchev–Trinajstić information content (AvgIpc) is 2.89. The molecule has 0 unspecified atom stereocenters. The van der Waals surface area contributed by atoms with E-state index in [0.29, 0.717) is 0 Å². The number of pyridine rings is 2. The first-order valence-electron chi connectivity index (χ1n) is 12.7. The summed E-state index contributed by atoms with van der Waals surface area (Å²) in [6.07, 6.45) is 14.7. The standard InChI is InChI=1S/C30H38N2O2/c1-33-29-19-23-31(27-17-11-9-15-25(27)29)21-13-7-5-3-4-6-8-14-22-32-24-20-30(34-2)26-16-10-12-18-28(26)32/h9-12,15-20,23-24H,3-8,13-14,21-22H2,1-2H3/q+2. The minimum atomic E-state index is 0.949. The van der Waals surface area contributed by atoms with Crippen LogP contribution in [0.25, 0.3) is 21.8 Å². The number of para-hydroxylation sites is 2. The van der Waals surface area contributed by atoms with Crippen molar-refractivity contribution in [2.24, 2.45) is 0 Å². The Morgan fingerprint density at radius 3 is 1.29 bits per heavy atom. The molecule has 0 atom stereocenters. The van der Waals surface area contributed by atoms with Crippen LogP contribution in [0.2, 0.25) is 0 Å². The summed E-state index contributed by atoms with van der Waals surface area (Å²) in [6, 6.07) is 21.2. The Morgan fingerprint density at radius 1 is 0.500 bits per heavy atom. The van der Waals surface area contributed by atoms with Gasteiger partial charge >= 0.3 is 0 Å². The molecular weight excluding hydrogens is 420 g/mol. The van der Waals surface area contributed by atoms with Gasteiger partial charge in [0.15, 0.2) is 12.4 Å². The van der Waals surface area contributed by atoms with Crippen molar-refractivity contribution in [3.63, 3.8) is 0 Å². The topological polar surface area (TPSA) is 26.2 Å². The van der Waals surface area contributed by atoms with Crippen LogP contribution in [0.3, 0.4) is 0 Å². The molecule has 34 heavy (non-hydrogen) atoms. The van der Waals surface area contributed by atoms with Crippen LogP contribution in [-0.4, -0.2) is 14.2 Å². The Kier molecular flexibility index (Phi) is 8.72. The Bertz CT molecular complexity index is 1110. The van der Waals surface area contributed by atoms with Crippen molar-refractivity contribution < 1.29 is 18.6 Å². The van der Waals surface area contributed by atoms with Gasteiger partial charge in [0.05, 0.1) is 25.0 Å². The second-order valence-corrected chi connectivity index (χ2v) is 9.02. The van der Waals surface area contributed by atoms with E-state index in [1.165, 1.54) is 73.2 Å². The molecule has 2 aromatic heterocycles. The van der Waals surface area contributed by atoms with Crippen molar-refractivity contribution in [2.75, 3.05) is 14.2 Å². The quantitative estimate of drug-likeness (QED) is 0.171. The SMILES string of the molecule is COc1cc[n+](CCCCCCCCCC[n+]2ccc(OC)c3ccccc32)c2ccccc12. The fourth-order valence-corrected chi connectivity index (χ4v) is 4.89.